The largest absolute Gasteiger partial charge is 0.495 e. The van der Waals surface area contributed by atoms with Crippen molar-refractivity contribution in [3.63, 3.8) is 0 Å². The van der Waals surface area contributed by atoms with Gasteiger partial charge in [0.05, 0.1) is 28.2 Å². The molecule has 8 nitrogen and oxygen atoms in total. The quantitative estimate of drug-likeness (QED) is 0.535. The molecule has 2 aromatic rings. The SMILES string of the molecule is COc1ccc(S(=O)(=O)N2CCC[C@H](C)C2)cc1N1CCN(S(=O)(=O)c2ccccc2C(F)(F)F)CC1. The van der Waals surface area contributed by atoms with Gasteiger partial charge in [-0.25, -0.2) is 16.8 Å². The normalized spacial score (nSPS) is 20.7. The van der Waals surface area contributed by atoms with E-state index in [9.17, 15) is 30.0 Å². The van der Waals surface area contributed by atoms with Crippen LogP contribution < -0.4 is 9.64 Å². The summed E-state index contributed by atoms with van der Waals surface area (Å²) in [5, 5.41) is 0. The lowest BCUT2D eigenvalue weighted by atomic mass is 10.0. The van der Waals surface area contributed by atoms with E-state index in [-0.39, 0.29) is 37.0 Å². The third kappa shape index (κ3) is 5.59. The van der Waals surface area contributed by atoms with E-state index in [1.54, 1.807) is 11.0 Å². The number of rotatable bonds is 6. The Morgan fingerprint density at radius 3 is 2.19 bits per heavy atom. The zero-order valence-electron chi connectivity index (χ0n) is 20.6. The Hall–Kier alpha value is -2.35. The first-order valence-corrected chi connectivity index (χ1v) is 14.8. The molecule has 0 amide bonds. The molecule has 2 aromatic carbocycles. The number of methoxy groups -OCH3 is 1. The first kappa shape index (κ1) is 27.7. The second kappa shape index (κ2) is 10.4. The number of piperidine rings is 1. The summed E-state index contributed by atoms with van der Waals surface area (Å²) < 4.78 is 101. The Morgan fingerprint density at radius 2 is 1.57 bits per heavy atom. The molecule has 4 rings (SSSR count). The summed E-state index contributed by atoms with van der Waals surface area (Å²) in [5.41, 5.74) is -0.717. The second-order valence-corrected chi connectivity index (χ2v) is 13.2. The predicted molar refractivity (Wildman–Crippen MR) is 133 cm³/mol. The minimum Gasteiger partial charge on any atom is -0.495 e. The lowest BCUT2D eigenvalue weighted by Crippen LogP contribution is -2.49. The van der Waals surface area contributed by atoms with Gasteiger partial charge in [-0.05, 0) is 49.1 Å². The highest BCUT2D eigenvalue weighted by Crippen LogP contribution is 2.37. The van der Waals surface area contributed by atoms with E-state index in [0.29, 0.717) is 24.5 Å². The van der Waals surface area contributed by atoms with Crippen molar-refractivity contribution in [3.05, 3.63) is 48.0 Å². The molecule has 0 unspecified atom stereocenters. The van der Waals surface area contributed by atoms with Crippen LogP contribution in [0, 0.1) is 5.92 Å². The average molecular weight is 562 g/mol. The van der Waals surface area contributed by atoms with Crippen LogP contribution in [0.3, 0.4) is 0 Å². The number of nitrogens with zero attached hydrogens (tertiary/aromatic N) is 3. The molecule has 2 aliphatic heterocycles. The Labute approximate surface area is 215 Å². The number of anilines is 1. The first-order chi connectivity index (χ1) is 17.4. The van der Waals surface area contributed by atoms with Gasteiger partial charge in [0, 0.05) is 39.3 Å². The molecule has 0 saturated carbocycles. The van der Waals surface area contributed by atoms with Crippen molar-refractivity contribution >= 4 is 25.7 Å². The summed E-state index contributed by atoms with van der Waals surface area (Å²) in [6.45, 7) is 3.06. The minimum atomic E-state index is -4.81. The maximum atomic E-state index is 13.4. The summed E-state index contributed by atoms with van der Waals surface area (Å²) in [6.07, 6.45) is -3.05. The maximum Gasteiger partial charge on any atom is 0.417 e. The van der Waals surface area contributed by atoms with Crippen LogP contribution >= 0.6 is 0 Å². The van der Waals surface area contributed by atoms with E-state index in [2.05, 4.69) is 0 Å². The van der Waals surface area contributed by atoms with Crippen LogP contribution in [0.2, 0.25) is 0 Å². The number of benzene rings is 2. The Morgan fingerprint density at radius 1 is 0.892 bits per heavy atom. The standard InChI is InChI=1S/C24H30F3N3O5S2/c1-18-6-5-11-30(17-18)36(31,32)19-9-10-22(35-2)21(16-19)28-12-14-29(15-13-28)37(33,34)23-8-4-3-7-20(23)24(25,26)27/h3-4,7-10,16,18H,5-6,11-15,17H2,1-2H3/t18-/m0/s1. The van der Waals surface area contributed by atoms with Crippen LogP contribution in [0.15, 0.2) is 52.3 Å². The smallest absolute Gasteiger partial charge is 0.417 e. The molecular weight excluding hydrogens is 531 g/mol. The number of hydrogen-bond acceptors (Lipinski definition) is 6. The van der Waals surface area contributed by atoms with E-state index in [4.69, 9.17) is 4.74 Å². The first-order valence-electron chi connectivity index (χ1n) is 11.9. The molecule has 2 aliphatic rings. The van der Waals surface area contributed by atoms with Crippen molar-refractivity contribution in [2.45, 2.75) is 35.7 Å². The molecule has 13 heteroatoms. The number of ether oxygens (including phenoxy) is 1. The molecule has 1 atom stereocenters. The fourth-order valence-corrected chi connectivity index (χ4v) is 8.08. The fourth-order valence-electron chi connectivity index (χ4n) is 4.83. The third-order valence-corrected chi connectivity index (χ3v) is 10.6. The topological polar surface area (TPSA) is 87.2 Å². The lowest BCUT2D eigenvalue weighted by Gasteiger charge is -2.36. The summed E-state index contributed by atoms with van der Waals surface area (Å²) in [5.74, 6) is 0.684. The van der Waals surface area contributed by atoms with Gasteiger partial charge in [-0.1, -0.05) is 19.1 Å². The van der Waals surface area contributed by atoms with Crippen molar-refractivity contribution in [2.75, 3.05) is 51.3 Å². The minimum absolute atomic E-state index is 0.0711. The van der Waals surface area contributed by atoms with E-state index >= 15 is 0 Å². The van der Waals surface area contributed by atoms with Crippen LogP contribution in [-0.2, 0) is 26.2 Å². The zero-order chi connectivity index (χ0) is 27.0. The van der Waals surface area contributed by atoms with Gasteiger partial charge in [0.1, 0.15) is 5.75 Å². The molecule has 204 valence electrons. The summed E-state index contributed by atoms with van der Waals surface area (Å²) in [4.78, 5) is 1.13. The number of hydrogen-bond donors (Lipinski definition) is 0. The van der Waals surface area contributed by atoms with Crippen LogP contribution in [0.25, 0.3) is 0 Å². The van der Waals surface area contributed by atoms with E-state index < -0.39 is 36.7 Å². The monoisotopic (exact) mass is 561 g/mol. The number of sulfonamides is 2. The highest BCUT2D eigenvalue weighted by molar-refractivity contribution is 7.89. The molecule has 2 fully saturated rings. The van der Waals surface area contributed by atoms with Crippen LogP contribution in [0.4, 0.5) is 18.9 Å². The molecule has 0 radical (unpaired) electrons. The van der Waals surface area contributed by atoms with Gasteiger partial charge in [-0.15, -0.1) is 0 Å². The van der Waals surface area contributed by atoms with E-state index in [0.717, 1.165) is 35.3 Å². The molecule has 0 spiro atoms. The van der Waals surface area contributed by atoms with E-state index in [1.807, 2.05) is 6.92 Å². The maximum absolute atomic E-state index is 13.4. The zero-order valence-corrected chi connectivity index (χ0v) is 22.2. The van der Waals surface area contributed by atoms with Crippen LogP contribution in [0.1, 0.15) is 25.3 Å². The summed E-state index contributed by atoms with van der Waals surface area (Å²) in [7, 11) is -6.67. The van der Waals surface area contributed by atoms with Gasteiger partial charge in [-0.2, -0.15) is 21.8 Å². The van der Waals surface area contributed by atoms with Crippen LogP contribution in [0.5, 0.6) is 5.75 Å². The highest BCUT2D eigenvalue weighted by Gasteiger charge is 2.40. The van der Waals surface area contributed by atoms with Gasteiger partial charge in [-0.3, -0.25) is 0 Å². The average Bonchev–Trinajstić information content (AvgIpc) is 2.88. The molecule has 2 heterocycles. The van der Waals surface area contributed by atoms with E-state index in [1.165, 1.54) is 29.6 Å². The number of piperazine rings is 1. The molecule has 37 heavy (non-hydrogen) atoms. The van der Waals surface area contributed by atoms with Crippen molar-refractivity contribution < 1.29 is 34.7 Å². The number of halogens is 3. The number of alkyl halides is 3. The van der Waals surface area contributed by atoms with Gasteiger partial charge in [0.15, 0.2) is 0 Å². The Balaban J connectivity index is 1.57. The predicted octanol–water partition coefficient (Wildman–Crippen LogP) is 3.65. The van der Waals surface area contributed by atoms with Gasteiger partial charge in [0.2, 0.25) is 20.0 Å². The molecule has 0 bridgehead atoms. The Kier molecular flexibility index (Phi) is 7.80. The summed E-state index contributed by atoms with van der Waals surface area (Å²) >= 11 is 0. The van der Waals surface area contributed by atoms with Gasteiger partial charge in [0.25, 0.3) is 0 Å². The highest BCUT2D eigenvalue weighted by atomic mass is 32.2. The van der Waals surface area contributed by atoms with Crippen molar-refractivity contribution in [1.82, 2.24) is 8.61 Å². The Bertz CT molecular complexity index is 1340. The molecule has 0 aromatic heterocycles. The molecule has 2 saturated heterocycles. The van der Waals surface area contributed by atoms with Crippen molar-refractivity contribution in [3.8, 4) is 5.75 Å². The van der Waals surface area contributed by atoms with Crippen LogP contribution in [-0.4, -0.2) is 71.8 Å². The van der Waals surface area contributed by atoms with Crippen molar-refractivity contribution in [1.29, 1.82) is 0 Å². The van der Waals surface area contributed by atoms with Gasteiger partial charge < -0.3 is 9.64 Å². The lowest BCUT2D eigenvalue weighted by molar-refractivity contribution is -0.139. The third-order valence-electron chi connectivity index (χ3n) is 6.80. The fraction of sp³-hybridized carbons (Fsp3) is 0.500. The van der Waals surface area contributed by atoms with Gasteiger partial charge >= 0.3 is 6.18 Å². The molecule has 0 aliphatic carbocycles. The summed E-state index contributed by atoms with van der Waals surface area (Å²) in [6, 6.07) is 8.71. The molecule has 0 N–H and O–H groups in total. The van der Waals surface area contributed by atoms with Crippen molar-refractivity contribution in [2.24, 2.45) is 5.92 Å². The molecular formula is C24H30F3N3O5S2. The second-order valence-electron chi connectivity index (χ2n) is 9.33.